The van der Waals surface area contributed by atoms with Crippen molar-refractivity contribution < 1.29 is 18.7 Å². The zero-order chi connectivity index (χ0) is 16.8. The molecule has 2 rings (SSSR count). The maximum atomic E-state index is 12.2. The lowest BCUT2D eigenvalue weighted by molar-refractivity contribution is -0.131. The molecule has 0 saturated carbocycles. The van der Waals surface area contributed by atoms with Crippen LogP contribution < -0.4 is 10.1 Å². The van der Waals surface area contributed by atoms with Crippen molar-refractivity contribution in [2.24, 2.45) is 0 Å². The van der Waals surface area contributed by atoms with E-state index in [0.717, 1.165) is 0 Å². The predicted molar refractivity (Wildman–Crippen MR) is 85.2 cm³/mol. The van der Waals surface area contributed by atoms with E-state index in [-0.39, 0.29) is 24.4 Å². The molecule has 1 N–H and O–H groups in total. The van der Waals surface area contributed by atoms with Crippen LogP contribution in [-0.2, 0) is 4.79 Å². The Morgan fingerprint density at radius 1 is 1.26 bits per heavy atom. The van der Waals surface area contributed by atoms with Crippen molar-refractivity contribution in [1.82, 2.24) is 10.2 Å². The number of carbonyl (C=O) groups excluding carboxylic acids is 2. The van der Waals surface area contributed by atoms with E-state index in [1.807, 2.05) is 13.0 Å². The highest BCUT2D eigenvalue weighted by molar-refractivity contribution is 5.98. The zero-order valence-electron chi connectivity index (χ0n) is 13.4. The molecule has 0 saturated heterocycles. The highest BCUT2D eigenvalue weighted by Gasteiger charge is 2.20. The van der Waals surface area contributed by atoms with Gasteiger partial charge in [0, 0.05) is 7.05 Å². The van der Waals surface area contributed by atoms with Crippen molar-refractivity contribution in [3.05, 3.63) is 54.0 Å². The summed E-state index contributed by atoms with van der Waals surface area (Å²) in [5.74, 6) is 0.596. The predicted octanol–water partition coefficient (Wildman–Crippen LogP) is 2.24. The summed E-state index contributed by atoms with van der Waals surface area (Å²) in [5, 5.41) is 2.61. The minimum atomic E-state index is -0.352. The third kappa shape index (κ3) is 3.91. The Balaban J connectivity index is 1.94. The number of methoxy groups -OCH3 is 1. The summed E-state index contributed by atoms with van der Waals surface area (Å²) in [6.07, 6.45) is 1.56. The maximum Gasteiger partial charge on any atom is 0.255 e. The van der Waals surface area contributed by atoms with E-state index in [1.165, 1.54) is 12.0 Å². The first kappa shape index (κ1) is 16.6. The van der Waals surface area contributed by atoms with E-state index >= 15 is 0 Å². The number of hydrogen-bond donors (Lipinski definition) is 1. The molecule has 6 nitrogen and oxygen atoms in total. The molecule has 1 aromatic carbocycles. The highest BCUT2D eigenvalue weighted by Crippen LogP contribution is 2.19. The Hall–Kier alpha value is -2.76. The number of furan rings is 1. The topological polar surface area (TPSA) is 71.8 Å². The Labute approximate surface area is 135 Å². The van der Waals surface area contributed by atoms with Gasteiger partial charge in [-0.3, -0.25) is 9.59 Å². The van der Waals surface area contributed by atoms with E-state index < -0.39 is 0 Å². The van der Waals surface area contributed by atoms with Crippen LogP contribution in [0.5, 0.6) is 5.75 Å². The van der Waals surface area contributed by atoms with Crippen molar-refractivity contribution in [1.29, 1.82) is 0 Å². The second-order valence-electron chi connectivity index (χ2n) is 5.08. The smallest absolute Gasteiger partial charge is 0.255 e. The van der Waals surface area contributed by atoms with Crippen molar-refractivity contribution >= 4 is 11.8 Å². The first-order valence-electron chi connectivity index (χ1n) is 7.25. The summed E-state index contributed by atoms with van der Waals surface area (Å²) in [6, 6.07) is 10.2. The molecule has 0 spiro atoms. The number of para-hydroxylation sites is 1. The standard InChI is InChI=1S/C17H20N2O4/c1-12(14-9-6-10-23-14)19(2)16(20)11-18-17(21)13-7-4-5-8-15(13)22-3/h4-10,12H,11H2,1-3H3,(H,18,21). The van der Waals surface area contributed by atoms with Gasteiger partial charge in [0.1, 0.15) is 11.5 Å². The quantitative estimate of drug-likeness (QED) is 0.887. The third-order valence-corrected chi connectivity index (χ3v) is 3.68. The third-order valence-electron chi connectivity index (χ3n) is 3.68. The summed E-state index contributed by atoms with van der Waals surface area (Å²) >= 11 is 0. The first-order chi connectivity index (χ1) is 11.0. The Bertz CT molecular complexity index is 667. The van der Waals surface area contributed by atoms with Gasteiger partial charge in [-0.15, -0.1) is 0 Å². The second-order valence-corrected chi connectivity index (χ2v) is 5.08. The fourth-order valence-corrected chi connectivity index (χ4v) is 2.14. The molecule has 1 aromatic heterocycles. The van der Waals surface area contributed by atoms with E-state index in [1.54, 1.807) is 43.6 Å². The van der Waals surface area contributed by atoms with Crippen LogP contribution in [0.1, 0.15) is 29.1 Å². The van der Waals surface area contributed by atoms with Crippen LogP contribution in [0.4, 0.5) is 0 Å². The first-order valence-corrected chi connectivity index (χ1v) is 7.25. The van der Waals surface area contributed by atoms with Crippen LogP contribution in [0, 0.1) is 0 Å². The molecule has 6 heteroatoms. The number of amides is 2. The summed E-state index contributed by atoms with van der Waals surface area (Å²) < 4.78 is 10.4. The van der Waals surface area contributed by atoms with E-state index in [4.69, 9.17) is 9.15 Å². The number of hydrogen-bond acceptors (Lipinski definition) is 4. The fourth-order valence-electron chi connectivity index (χ4n) is 2.14. The molecule has 2 aromatic rings. The van der Waals surface area contributed by atoms with Gasteiger partial charge in [0.2, 0.25) is 5.91 Å². The summed E-state index contributed by atoms with van der Waals surface area (Å²) in [5.41, 5.74) is 0.393. The number of nitrogens with zero attached hydrogens (tertiary/aromatic N) is 1. The van der Waals surface area contributed by atoms with Crippen molar-refractivity contribution in [3.8, 4) is 5.75 Å². The molecule has 1 heterocycles. The van der Waals surface area contributed by atoms with Crippen LogP contribution >= 0.6 is 0 Å². The molecule has 0 aliphatic heterocycles. The molecule has 2 amide bonds. The van der Waals surface area contributed by atoms with Crippen LogP contribution in [0.3, 0.4) is 0 Å². The molecular formula is C17H20N2O4. The molecule has 0 aliphatic rings. The van der Waals surface area contributed by atoms with E-state index in [2.05, 4.69) is 5.32 Å². The van der Waals surface area contributed by atoms with Gasteiger partial charge in [-0.25, -0.2) is 0 Å². The summed E-state index contributed by atoms with van der Waals surface area (Å²) in [6.45, 7) is 1.76. The fraction of sp³-hybridized carbons (Fsp3) is 0.294. The Morgan fingerprint density at radius 3 is 2.65 bits per heavy atom. The Kier molecular flexibility index (Phi) is 5.41. The van der Waals surface area contributed by atoms with Crippen molar-refractivity contribution in [3.63, 3.8) is 0 Å². The summed E-state index contributed by atoms with van der Waals surface area (Å²) in [4.78, 5) is 25.9. The van der Waals surface area contributed by atoms with Crippen LogP contribution in [0.15, 0.2) is 47.1 Å². The van der Waals surface area contributed by atoms with Gasteiger partial charge in [-0.2, -0.15) is 0 Å². The molecule has 1 atom stereocenters. The van der Waals surface area contributed by atoms with Gasteiger partial charge in [0.15, 0.2) is 0 Å². The second kappa shape index (κ2) is 7.49. The van der Waals surface area contributed by atoms with Gasteiger partial charge < -0.3 is 19.4 Å². The molecule has 122 valence electrons. The lowest BCUT2D eigenvalue weighted by Crippen LogP contribution is -2.39. The van der Waals surface area contributed by atoms with Gasteiger partial charge in [0.05, 0.1) is 31.5 Å². The van der Waals surface area contributed by atoms with Crippen molar-refractivity contribution in [2.75, 3.05) is 20.7 Å². The average molecular weight is 316 g/mol. The van der Waals surface area contributed by atoms with Crippen LogP contribution in [0.25, 0.3) is 0 Å². The maximum absolute atomic E-state index is 12.2. The van der Waals surface area contributed by atoms with E-state index in [0.29, 0.717) is 17.1 Å². The molecule has 0 bridgehead atoms. The number of benzene rings is 1. The van der Waals surface area contributed by atoms with Gasteiger partial charge in [-0.05, 0) is 31.2 Å². The summed E-state index contributed by atoms with van der Waals surface area (Å²) in [7, 11) is 3.17. The Morgan fingerprint density at radius 2 is 2.00 bits per heavy atom. The number of rotatable bonds is 6. The van der Waals surface area contributed by atoms with Gasteiger partial charge in [0.25, 0.3) is 5.91 Å². The van der Waals surface area contributed by atoms with Crippen molar-refractivity contribution in [2.45, 2.75) is 13.0 Å². The van der Waals surface area contributed by atoms with Crippen LogP contribution in [0.2, 0.25) is 0 Å². The highest BCUT2D eigenvalue weighted by atomic mass is 16.5. The molecule has 0 radical (unpaired) electrons. The number of likely N-dealkylation sites (N-methyl/N-ethyl adjacent to an activating group) is 1. The zero-order valence-corrected chi connectivity index (χ0v) is 13.4. The van der Waals surface area contributed by atoms with Crippen LogP contribution in [-0.4, -0.2) is 37.4 Å². The minimum absolute atomic E-state index is 0.0988. The number of ether oxygens (including phenoxy) is 1. The molecular weight excluding hydrogens is 296 g/mol. The number of carbonyl (C=O) groups is 2. The largest absolute Gasteiger partial charge is 0.496 e. The monoisotopic (exact) mass is 316 g/mol. The SMILES string of the molecule is COc1ccccc1C(=O)NCC(=O)N(C)C(C)c1ccco1. The molecule has 0 aliphatic carbocycles. The molecule has 23 heavy (non-hydrogen) atoms. The van der Waals surface area contributed by atoms with E-state index in [9.17, 15) is 9.59 Å². The minimum Gasteiger partial charge on any atom is -0.496 e. The lowest BCUT2D eigenvalue weighted by atomic mass is 10.2. The average Bonchev–Trinajstić information content (AvgIpc) is 3.12. The molecule has 0 fully saturated rings. The van der Waals surface area contributed by atoms with Gasteiger partial charge >= 0.3 is 0 Å². The van der Waals surface area contributed by atoms with Gasteiger partial charge in [-0.1, -0.05) is 12.1 Å². The number of nitrogens with one attached hydrogen (secondary N) is 1. The lowest BCUT2D eigenvalue weighted by Gasteiger charge is -2.23. The molecule has 1 unspecified atom stereocenters. The normalized spacial score (nSPS) is 11.6.